The maximum Gasteiger partial charge on any atom is 0.337 e. The lowest BCUT2D eigenvalue weighted by Gasteiger charge is -1.95. The fourth-order valence-electron chi connectivity index (χ4n) is 1.02. The van der Waals surface area contributed by atoms with E-state index in [1.54, 1.807) is 25.4 Å². The van der Waals surface area contributed by atoms with E-state index in [4.69, 9.17) is 5.11 Å². The molecule has 68 valence electrons. The summed E-state index contributed by atoms with van der Waals surface area (Å²) in [5.74, 6) is 4.82. The van der Waals surface area contributed by atoms with Crippen molar-refractivity contribution in [1.82, 2.24) is 4.57 Å². The lowest BCUT2D eigenvalue weighted by atomic mass is 10.3. The largest absolute Gasteiger partial charge is 0.478 e. The minimum atomic E-state index is -0.889. The molecule has 0 aliphatic rings. The van der Waals surface area contributed by atoms with Crippen LogP contribution in [0.4, 0.5) is 0 Å². The van der Waals surface area contributed by atoms with Crippen molar-refractivity contribution in [3.63, 3.8) is 0 Å². The van der Waals surface area contributed by atoms with Crippen LogP contribution in [0.5, 0.6) is 0 Å². The van der Waals surface area contributed by atoms with E-state index in [0.717, 1.165) is 13.0 Å². The van der Waals surface area contributed by atoms with Gasteiger partial charge >= 0.3 is 5.97 Å². The van der Waals surface area contributed by atoms with Gasteiger partial charge < -0.3 is 9.67 Å². The third kappa shape index (κ3) is 2.68. The summed E-state index contributed by atoms with van der Waals surface area (Å²) in [6, 6.07) is 1.59. The molecule has 0 amide bonds. The summed E-state index contributed by atoms with van der Waals surface area (Å²) in [5.41, 5.74) is 0.324. The number of aryl methyl sites for hydroxylation is 1. The first-order valence-electron chi connectivity index (χ1n) is 4.02. The number of nitrogens with zero attached hydrogens (tertiary/aromatic N) is 1. The zero-order valence-corrected chi connectivity index (χ0v) is 7.45. The van der Waals surface area contributed by atoms with Crippen LogP contribution in [-0.4, -0.2) is 15.6 Å². The van der Waals surface area contributed by atoms with Crippen molar-refractivity contribution < 1.29 is 9.90 Å². The van der Waals surface area contributed by atoms with Gasteiger partial charge in [0.1, 0.15) is 0 Å². The number of carboxylic acids is 1. The molecule has 1 aromatic heterocycles. The number of carboxylic acid groups (broad SMARTS) is 1. The SMILES string of the molecule is CC#CCCn1ccc(C(=O)O)c1. The molecule has 0 unspecified atom stereocenters. The Balaban J connectivity index is 2.57. The number of hydrogen-bond donors (Lipinski definition) is 1. The molecular formula is C10H11NO2. The van der Waals surface area contributed by atoms with Gasteiger partial charge in [0.2, 0.25) is 0 Å². The predicted molar refractivity (Wildman–Crippen MR) is 49.5 cm³/mol. The smallest absolute Gasteiger partial charge is 0.337 e. The van der Waals surface area contributed by atoms with Crippen LogP contribution in [-0.2, 0) is 6.54 Å². The van der Waals surface area contributed by atoms with Crippen molar-refractivity contribution in [3.8, 4) is 11.8 Å². The van der Waals surface area contributed by atoms with Crippen molar-refractivity contribution in [3.05, 3.63) is 24.0 Å². The number of aromatic nitrogens is 1. The van der Waals surface area contributed by atoms with E-state index in [1.807, 2.05) is 4.57 Å². The first-order valence-corrected chi connectivity index (χ1v) is 4.02. The van der Waals surface area contributed by atoms with E-state index < -0.39 is 5.97 Å². The highest BCUT2D eigenvalue weighted by Gasteiger charge is 2.02. The van der Waals surface area contributed by atoms with Crippen LogP contribution in [0.2, 0.25) is 0 Å². The number of carbonyl (C=O) groups is 1. The lowest BCUT2D eigenvalue weighted by Crippen LogP contribution is -1.95. The van der Waals surface area contributed by atoms with Gasteiger partial charge in [0.25, 0.3) is 0 Å². The highest BCUT2D eigenvalue weighted by atomic mass is 16.4. The second kappa shape index (κ2) is 4.36. The van der Waals surface area contributed by atoms with Gasteiger partial charge in [0.15, 0.2) is 0 Å². The van der Waals surface area contributed by atoms with E-state index in [9.17, 15) is 4.79 Å². The molecule has 13 heavy (non-hydrogen) atoms. The molecule has 0 spiro atoms. The Morgan fingerprint density at radius 1 is 1.69 bits per heavy atom. The third-order valence-electron chi connectivity index (χ3n) is 1.67. The van der Waals surface area contributed by atoms with Gasteiger partial charge in [-0.1, -0.05) is 0 Å². The molecule has 0 bridgehead atoms. The summed E-state index contributed by atoms with van der Waals surface area (Å²) in [6.07, 6.45) is 4.12. The number of aromatic carboxylic acids is 1. The van der Waals surface area contributed by atoms with Crippen LogP contribution >= 0.6 is 0 Å². The molecule has 1 heterocycles. The summed E-state index contributed by atoms with van der Waals surface area (Å²) >= 11 is 0. The van der Waals surface area contributed by atoms with Crippen LogP contribution in [0.15, 0.2) is 18.5 Å². The molecule has 3 heteroatoms. The molecular weight excluding hydrogens is 166 g/mol. The molecule has 0 atom stereocenters. The second-order valence-electron chi connectivity index (χ2n) is 2.62. The molecule has 0 fully saturated rings. The normalized spacial score (nSPS) is 9.00. The fourth-order valence-corrected chi connectivity index (χ4v) is 1.02. The zero-order valence-electron chi connectivity index (χ0n) is 7.45. The molecule has 0 aliphatic carbocycles. The van der Waals surface area contributed by atoms with Gasteiger partial charge in [-0.15, -0.1) is 11.8 Å². The van der Waals surface area contributed by atoms with Crippen molar-refractivity contribution in [1.29, 1.82) is 0 Å². The Hall–Kier alpha value is -1.69. The minimum Gasteiger partial charge on any atom is -0.478 e. The Bertz CT molecular complexity index is 354. The highest BCUT2D eigenvalue weighted by molar-refractivity contribution is 5.87. The van der Waals surface area contributed by atoms with E-state index in [2.05, 4.69) is 11.8 Å². The van der Waals surface area contributed by atoms with Crippen LogP contribution in [0.1, 0.15) is 23.7 Å². The van der Waals surface area contributed by atoms with E-state index >= 15 is 0 Å². The topological polar surface area (TPSA) is 42.2 Å². The van der Waals surface area contributed by atoms with Crippen molar-refractivity contribution >= 4 is 5.97 Å². The first-order chi connectivity index (χ1) is 6.24. The number of rotatable bonds is 3. The summed E-state index contributed by atoms with van der Waals surface area (Å²) < 4.78 is 1.83. The van der Waals surface area contributed by atoms with Crippen molar-refractivity contribution in [2.24, 2.45) is 0 Å². The summed E-state index contributed by atoms with van der Waals surface area (Å²) in [4.78, 5) is 10.5. The molecule has 1 aromatic rings. The maximum absolute atomic E-state index is 10.5. The van der Waals surface area contributed by atoms with E-state index in [-0.39, 0.29) is 0 Å². The van der Waals surface area contributed by atoms with Gasteiger partial charge in [-0.25, -0.2) is 4.79 Å². The van der Waals surface area contributed by atoms with Gasteiger partial charge in [-0.3, -0.25) is 0 Å². The monoisotopic (exact) mass is 177 g/mol. The third-order valence-corrected chi connectivity index (χ3v) is 1.67. The lowest BCUT2D eigenvalue weighted by molar-refractivity contribution is 0.0697. The number of hydrogen-bond acceptors (Lipinski definition) is 1. The summed E-state index contributed by atoms with van der Waals surface area (Å²) in [6.45, 7) is 2.53. The maximum atomic E-state index is 10.5. The summed E-state index contributed by atoms with van der Waals surface area (Å²) in [7, 11) is 0. The van der Waals surface area contributed by atoms with Gasteiger partial charge in [0, 0.05) is 25.4 Å². The van der Waals surface area contributed by atoms with Gasteiger partial charge in [0.05, 0.1) is 5.56 Å². The molecule has 0 radical (unpaired) electrons. The zero-order chi connectivity index (χ0) is 9.68. The average Bonchev–Trinajstić information content (AvgIpc) is 2.53. The minimum absolute atomic E-state index is 0.324. The van der Waals surface area contributed by atoms with Gasteiger partial charge in [-0.2, -0.15) is 0 Å². The van der Waals surface area contributed by atoms with Crippen LogP contribution in [0, 0.1) is 11.8 Å². The molecule has 0 aromatic carbocycles. The quantitative estimate of drug-likeness (QED) is 0.712. The molecule has 0 saturated carbocycles. The molecule has 0 aliphatic heterocycles. The Morgan fingerprint density at radius 2 is 2.46 bits per heavy atom. The van der Waals surface area contributed by atoms with Crippen LogP contribution in [0.3, 0.4) is 0 Å². The highest BCUT2D eigenvalue weighted by Crippen LogP contribution is 2.01. The summed E-state index contributed by atoms with van der Waals surface area (Å²) in [5, 5.41) is 8.63. The van der Waals surface area contributed by atoms with Crippen molar-refractivity contribution in [2.45, 2.75) is 19.9 Å². The average molecular weight is 177 g/mol. The fraction of sp³-hybridized carbons (Fsp3) is 0.300. The van der Waals surface area contributed by atoms with E-state index in [0.29, 0.717) is 5.56 Å². The first kappa shape index (κ1) is 9.40. The molecule has 0 saturated heterocycles. The Labute approximate surface area is 77.0 Å². The van der Waals surface area contributed by atoms with Gasteiger partial charge in [-0.05, 0) is 13.0 Å². The Morgan fingerprint density at radius 3 is 3.00 bits per heavy atom. The predicted octanol–water partition coefficient (Wildman–Crippen LogP) is 1.60. The molecule has 3 nitrogen and oxygen atoms in total. The van der Waals surface area contributed by atoms with Crippen LogP contribution in [0.25, 0.3) is 0 Å². The molecule has 1 N–H and O–H groups in total. The second-order valence-corrected chi connectivity index (χ2v) is 2.62. The Kier molecular flexibility index (Phi) is 3.15. The van der Waals surface area contributed by atoms with Crippen molar-refractivity contribution in [2.75, 3.05) is 0 Å². The molecule has 1 rings (SSSR count). The standard InChI is InChI=1S/C10H11NO2/c1-2-3-4-6-11-7-5-9(8-11)10(12)13/h5,7-8H,4,6H2,1H3,(H,12,13). The van der Waals surface area contributed by atoms with Crippen LogP contribution < -0.4 is 0 Å². The van der Waals surface area contributed by atoms with E-state index in [1.165, 1.54) is 0 Å².